The van der Waals surface area contributed by atoms with Crippen LogP contribution in [-0.2, 0) is 6.18 Å². The Balaban J connectivity index is 0.000000160. The molecule has 17 heteroatoms. The van der Waals surface area contributed by atoms with Crippen LogP contribution in [0.4, 0.5) is 24.5 Å². The van der Waals surface area contributed by atoms with Gasteiger partial charge in [0.25, 0.3) is 0 Å². The highest BCUT2D eigenvalue weighted by Crippen LogP contribution is 2.46. The van der Waals surface area contributed by atoms with Gasteiger partial charge in [-0.05, 0) is 226 Å². The number of fused-ring (bicyclic) bond motifs is 8. The summed E-state index contributed by atoms with van der Waals surface area (Å²) in [4.78, 5) is 7.48. The van der Waals surface area contributed by atoms with Gasteiger partial charge in [-0.25, -0.2) is 0 Å². The molecule has 12 rings (SSSR count). The number of likely N-dealkylation sites (N-methyl/N-ethyl adjacent to an activating group) is 1. The van der Waals surface area contributed by atoms with Crippen molar-refractivity contribution in [2.45, 2.75) is 108 Å². The minimum atomic E-state index is -4.36. The van der Waals surface area contributed by atoms with Crippen molar-refractivity contribution in [3.63, 3.8) is 0 Å². The van der Waals surface area contributed by atoms with Crippen molar-refractivity contribution in [1.29, 1.82) is 0 Å². The molecule has 436 valence electrons. The number of ether oxygens (including phenoxy) is 2. The fourth-order valence-corrected chi connectivity index (χ4v) is 14.1. The summed E-state index contributed by atoms with van der Waals surface area (Å²) in [5.74, 6) is 4.85. The Kier molecular flexibility index (Phi) is 21.0. The Labute approximate surface area is 495 Å². The van der Waals surface area contributed by atoms with E-state index < -0.39 is 11.7 Å². The summed E-state index contributed by atoms with van der Waals surface area (Å²) in [6, 6.07) is 29.0. The van der Waals surface area contributed by atoms with Crippen LogP contribution in [0.15, 0.2) is 110 Å². The average molecular weight is 1160 g/mol. The number of benzene rings is 5. The van der Waals surface area contributed by atoms with E-state index in [1.165, 1.54) is 71.3 Å². The number of rotatable bonds is 13. The summed E-state index contributed by atoms with van der Waals surface area (Å²) in [6.07, 6.45) is 9.32. The van der Waals surface area contributed by atoms with Gasteiger partial charge in [0.2, 0.25) is 0 Å². The van der Waals surface area contributed by atoms with Gasteiger partial charge in [0.15, 0.2) is 15.3 Å². The normalized spacial score (nSPS) is 25.4. The molecule has 12 atom stereocenters. The number of nitrogens with zero attached hydrogens (tertiary/aromatic N) is 3. The number of aryl methyl sites for hydroxylation is 1. The molecule has 6 heterocycles. The van der Waals surface area contributed by atoms with E-state index in [0.717, 1.165) is 74.1 Å². The zero-order valence-corrected chi connectivity index (χ0v) is 50.9. The molecule has 0 amide bonds. The van der Waals surface area contributed by atoms with Crippen LogP contribution in [0.2, 0.25) is 0 Å². The number of methoxy groups -OCH3 is 2. The molecule has 5 aromatic carbocycles. The van der Waals surface area contributed by atoms with Crippen LogP contribution in [0, 0.1) is 30.6 Å². The molecular weight excluding hydrogens is 1080 g/mol. The average Bonchev–Trinajstić information content (AvgIpc) is 3.68. The summed E-state index contributed by atoms with van der Waals surface area (Å²) in [5.41, 5.74) is 3.92. The van der Waals surface area contributed by atoms with E-state index in [1.807, 2.05) is 40.3 Å². The molecule has 0 radical (unpaired) electrons. The highest BCUT2D eigenvalue weighted by atomic mass is 32.1. The SMILES string of the molecule is C=CC1CN2CCC1CC2[C@@H](NC(=S)NC)c1cccc2ccc(OC)cc12.C=CC1CN2CCC1CC2[C@H](C)c1c(NC(=S)NC)ccc2ccc(OC)cc12.Cc1cc(NC(=S)N[C@@H]2CCCCC2N(C)C)cc(C(F)(F)F)c1. The molecule has 11 nitrogen and oxygen atoms in total. The van der Waals surface area contributed by atoms with Crippen LogP contribution < -0.4 is 41.4 Å². The maximum Gasteiger partial charge on any atom is 0.416 e. The first-order valence-corrected chi connectivity index (χ1v) is 29.9. The van der Waals surface area contributed by atoms with Gasteiger partial charge in [-0.1, -0.05) is 68.3 Å². The van der Waals surface area contributed by atoms with Gasteiger partial charge in [-0.2, -0.15) is 13.2 Å². The predicted octanol–water partition coefficient (Wildman–Crippen LogP) is 12.8. The van der Waals surface area contributed by atoms with Crippen LogP contribution in [0.1, 0.15) is 92.5 Å². The molecule has 5 aromatic rings. The number of alkyl halides is 3. The van der Waals surface area contributed by atoms with E-state index >= 15 is 0 Å². The van der Waals surface area contributed by atoms with Crippen LogP contribution in [0.5, 0.6) is 11.5 Å². The maximum absolute atomic E-state index is 12.9. The molecule has 9 unspecified atom stereocenters. The maximum atomic E-state index is 12.9. The second kappa shape index (κ2) is 27.7. The van der Waals surface area contributed by atoms with Crippen LogP contribution in [0.3, 0.4) is 0 Å². The minimum absolute atomic E-state index is 0.129. The highest BCUT2D eigenvalue weighted by Gasteiger charge is 2.44. The lowest BCUT2D eigenvalue weighted by molar-refractivity contribution is -0.137. The fourth-order valence-electron chi connectivity index (χ4n) is 13.6. The van der Waals surface area contributed by atoms with Crippen LogP contribution >= 0.6 is 36.7 Å². The molecule has 6 N–H and O–H groups in total. The van der Waals surface area contributed by atoms with Crippen molar-refractivity contribution < 1.29 is 22.6 Å². The summed E-state index contributed by atoms with van der Waals surface area (Å²) < 4.78 is 49.8. The number of thiocarbonyl (C=S) groups is 3. The molecule has 7 fully saturated rings. The summed E-state index contributed by atoms with van der Waals surface area (Å²) in [6.45, 7) is 16.7. The lowest BCUT2D eigenvalue weighted by atomic mass is 9.71. The number of nitrogens with one attached hydrogen (secondary N) is 6. The number of anilines is 2. The van der Waals surface area contributed by atoms with E-state index in [9.17, 15) is 13.2 Å². The third kappa shape index (κ3) is 14.8. The number of hydrogen-bond acceptors (Lipinski definition) is 8. The van der Waals surface area contributed by atoms with Gasteiger partial charge < -0.3 is 46.3 Å². The zero-order valence-electron chi connectivity index (χ0n) is 48.4. The molecule has 0 spiro atoms. The van der Waals surface area contributed by atoms with Crippen molar-refractivity contribution in [3.05, 3.63) is 132 Å². The molecule has 1 saturated carbocycles. The summed E-state index contributed by atoms with van der Waals surface area (Å²) in [7, 11) is 11.2. The quantitative estimate of drug-likeness (QED) is 0.0498. The van der Waals surface area contributed by atoms with Crippen molar-refractivity contribution in [2.75, 3.05) is 79.2 Å². The molecular formula is C64H84F3N9O2S3. The monoisotopic (exact) mass is 1160 g/mol. The summed E-state index contributed by atoms with van der Waals surface area (Å²) in [5, 5.41) is 26.0. The van der Waals surface area contributed by atoms with Gasteiger partial charge in [0, 0.05) is 62.7 Å². The van der Waals surface area contributed by atoms with Gasteiger partial charge in [0.05, 0.1) is 25.8 Å². The third-order valence-electron chi connectivity index (χ3n) is 17.8. The Morgan fingerprint density at radius 3 is 1.88 bits per heavy atom. The van der Waals surface area contributed by atoms with Gasteiger partial charge in [-0.15, -0.1) is 13.2 Å². The third-order valence-corrected chi connectivity index (χ3v) is 18.7. The summed E-state index contributed by atoms with van der Waals surface area (Å²) >= 11 is 16.3. The molecule has 81 heavy (non-hydrogen) atoms. The van der Waals surface area contributed by atoms with E-state index in [1.54, 1.807) is 27.2 Å². The van der Waals surface area contributed by atoms with E-state index in [4.69, 9.17) is 46.1 Å². The van der Waals surface area contributed by atoms with Crippen molar-refractivity contribution in [3.8, 4) is 11.5 Å². The molecule has 1 aliphatic carbocycles. The van der Waals surface area contributed by atoms with E-state index in [-0.39, 0.29) is 12.1 Å². The Bertz CT molecular complexity index is 3030. The standard InChI is InChI=1S/C24H31N3OS.C23H29N3OS.C17H24F3N3S/c1-5-16-14-27-11-10-18(16)12-22(27)15(2)23-20-13-19(28-4)8-6-17(20)7-9-21(23)26-24(29)25-3;1-4-15-14-26-11-10-17(15)12-21(26)22(25-23(28)24-2)19-7-5-6-16-8-9-18(27-3)13-20(16)19;1-11-8-12(17(18,19)20)10-13(9-11)21-16(24)22-14-6-4-5-7-15(14)23(2)3/h5-9,13,15-16,18,22H,1,10-12,14H2,2-4H3,(H2,25,26,29);4-9,13,15,17,21-22H,1,10-12,14H2,2-3H3,(H2,24,25,28);8-10,14-15H,4-7H2,1-3H3,(H2,21,22,24)/t15-,16?,18?,22?;15?,17?,21?,22-;14-,15?/m001/s1. The van der Waals surface area contributed by atoms with Crippen LogP contribution in [-0.4, -0.2) is 123 Å². The molecule has 4 bridgehead atoms. The van der Waals surface area contributed by atoms with E-state index in [2.05, 4.69) is 133 Å². The Hall–Kier alpha value is -5.56. The number of halogens is 3. The number of piperidine rings is 6. The van der Waals surface area contributed by atoms with Gasteiger partial charge >= 0.3 is 6.18 Å². The first-order valence-electron chi connectivity index (χ1n) is 28.7. The minimum Gasteiger partial charge on any atom is -0.497 e. The van der Waals surface area contributed by atoms with E-state index in [0.29, 0.717) is 68.4 Å². The first-order chi connectivity index (χ1) is 38.9. The largest absolute Gasteiger partial charge is 0.497 e. The number of hydrogen-bond donors (Lipinski definition) is 6. The Morgan fingerprint density at radius 2 is 1.31 bits per heavy atom. The second-order valence-electron chi connectivity index (χ2n) is 22.8. The highest BCUT2D eigenvalue weighted by molar-refractivity contribution is 7.80. The first kappa shape index (κ1) is 61.5. The van der Waals surface area contributed by atoms with Crippen molar-refractivity contribution >= 4 is 84.9 Å². The smallest absolute Gasteiger partial charge is 0.416 e. The molecule has 6 saturated heterocycles. The molecule has 6 aliphatic heterocycles. The van der Waals surface area contributed by atoms with Crippen molar-refractivity contribution in [1.82, 2.24) is 36.0 Å². The molecule has 0 aromatic heterocycles. The fraction of sp³-hybridized carbons (Fsp3) is 0.484. The zero-order chi connectivity index (χ0) is 58.1. The van der Waals surface area contributed by atoms with Gasteiger partial charge in [0.1, 0.15) is 11.5 Å². The predicted molar refractivity (Wildman–Crippen MR) is 341 cm³/mol. The lowest BCUT2D eigenvalue weighted by Gasteiger charge is -2.52. The lowest BCUT2D eigenvalue weighted by Crippen LogP contribution is -2.58. The second-order valence-corrected chi connectivity index (χ2v) is 24.1. The Morgan fingerprint density at radius 1 is 0.716 bits per heavy atom. The molecule has 7 aliphatic rings. The van der Waals surface area contributed by atoms with Gasteiger partial charge in [-0.3, -0.25) is 9.80 Å². The van der Waals surface area contributed by atoms with Crippen molar-refractivity contribution in [2.24, 2.45) is 23.7 Å². The van der Waals surface area contributed by atoms with Crippen LogP contribution in [0.25, 0.3) is 21.5 Å². The topological polar surface area (TPSA) is 100 Å².